The summed E-state index contributed by atoms with van der Waals surface area (Å²) in [7, 11) is 0. The lowest BCUT2D eigenvalue weighted by Crippen LogP contribution is -2.63. The van der Waals surface area contributed by atoms with Gasteiger partial charge in [0.05, 0.1) is 16.5 Å². The molecule has 0 unspecified atom stereocenters. The van der Waals surface area contributed by atoms with Crippen molar-refractivity contribution in [3.8, 4) is 0 Å². The fourth-order valence-electron chi connectivity index (χ4n) is 9.06. The molecule has 39 heavy (non-hydrogen) atoms. The van der Waals surface area contributed by atoms with Gasteiger partial charge in [0.15, 0.2) is 0 Å². The van der Waals surface area contributed by atoms with Crippen LogP contribution in [0.2, 0.25) is 0 Å². The van der Waals surface area contributed by atoms with Gasteiger partial charge in [0, 0.05) is 5.41 Å². The molecule has 4 aliphatic carbocycles. The van der Waals surface area contributed by atoms with Crippen LogP contribution in [0.3, 0.4) is 0 Å². The van der Waals surface area contributed by atoms with E-state index < -0.39 is 23.6 Å². The van der Waals surface area contributed by atoms with Crippen LogP contribution in [0, 0.1) is 34.5 Å². The quantitative estimate of drug-likeness (QED) is 0.340. The van der Waals surface area contributed by atoms with E-state index >= 15 is 0 Å². The maximum atomic E-state index is 12.9. The molecular formula is C33H39ClO5. The lowest BCUT2D eigenvalue weighted by molar-refractivity contribution is -0.161. The molecule has 0 saturated heterocycles. The molecule has 4 saturated carbocycles. The fraction of sp³-hybridized carbons (Fsp3) is 0.576. The molecule has 0 bridgehead atoms. The molecule has 5 nitrogen and oxygen atoms in total. The number of aliphatic hydroxyl groups excluding tert-OH is 1. The highest BCUT2D eigenvalue weighted by atomic mass is 35.5. The number of alkyl halides is 1. The summed E-state index contributed by atoms with van der Waals surface area (Å²) in [5.74, 6) is 1.000. The van der Waals surface area contributed by atoms with Gasteiger partial charge in [-0.15, -0.1) is 11.6 Å². The number of ether oxygens (including phenoxy) is 2. The van der Waals surface area contributed by atoms with Gasteiger partial charge in [-0.1, -0.05) is 50.2 Å². The molecule has 4 aliphatic rings. The Morgan fingerprint density at radius 3 is 2.08 bits per heavy atom. The van der Waals surface area contributed by atoms with E-state index in [2.05, 4.69) is 13.8 Å². The first-order chi connectivity index (χ1) is 18.7. The van der Waals surface area contributed by atoms with Gasteiger partial charge in [-0.05, 0) is 98.3 Å². The number of hydrogen-bond donors (Lipinski definition) is 1. The summed E-state index contributed by atoms with van der Waals surface area (Å²) in [6.45, 7) is 4.60. The number of hydrogen-bond acceptors (Lipinski definition) is 5. The van der Waals surface area contributed by atoms with E-state index in [1.54, 1.807) is 12.1 Å². The summed E-state index contributed by atoms with van der Waals surface area (Å²) in [5.41, 5.74) is 0.815. The standard InChI is InChI=1S/C33H39ClO5/c1-32-18-17-25-23(24(32)15-16-27(32)39-31(37)21-11-7-4-8-12-21)14-13-22-19-26(28(35)29(34)33(22,25)2)38-30(36)20-9-5-3-6-10-20/h3-12,22-29,35H,13-19H2,1-2H3/t22-,23-,24-,25-,26+,27-,28+,29-,32-,33-/m0/s1. The van der Waals surface area contributed by atoms with Gasteiger partial charge in [0.1, 0.15) is 18.3 Å². The Bertz CT molecular complexity index is 1200. The maximum absolute atomic E-state index is 12.9. The first kappa shape index (κ1) is 26.8. The van der Waals surface area contributed by atoms with Crippen molar-refractivity contribution in [2.75, 3.05) is 0 Å². The van der Waals surface area contributed by atoms with E-state index in [1.165, 1.54) is 0 Å². The van der Waals surface area contributed by atoms with Crippen LogP contribution in [-0.2, 0) is 9.47 Å². The number of aliphatic hydroxyl groups is 1. The molecule has 4 fully saturated rings. The summed E-state index contributed by atoms with van der Waals surface area (Å²) in [5, 5.41) is 10.9. The Kier molecular flexibility index (Phi) is 7.04. The van der Waals surface area contributed by atoms with Crippen molar-refractivity contribution in [3.63, 3.8) is 0 Å². The van der Waals surface area contributed by atoms with Crippen LogP contribution in [-0.4, -0.2) is 40.7 Å². The van der Waals surface area contributed by atoms with E-state index in [0.29, 0.717) is 35.3 Å². The minimum atomic E-state index is -0.907. The summed E-state index contributed by atoms with van der Waals surface area (Å²) in [6.07, 6.45) is 5.11. The van der Waals surface area contributed by atoms with Crippen LogP contribution in [0.1, 0.15) is 79.5 Å². The molecule has 10 atom stereocenters. The number of carbonyl (C=O) groups excluding carboxylic acids is 2. The Balaban J connectivity index is 1.17. The lowest BCUT2D eigenvalue weighted by atomic mass is 9.44. The predicted molar refractivity (Wildman–Crippen MR) is 149 cm³/mol. The average Bonchev–Trinajstić information content (AvgIpc) is 3.29. The minimum absolute atomic E-state index is 0.0440. The highest BCUT2D eigenvalue weighted by molar-refractivity contribution is 6.21. The van der Waals surface area contributed by atoms with Gasteiger partial charge in [0.25, 0.3) is 0 Å². The summed E-state index contributed by atoms with van der Waals surface area (Å²) < 4.78 is 12.0. The maximum Gasteiger partial charge on any atom is 0.338 e. The SMILES string of the molecule is C[C@]12CC[C@H]3[C@@H](CC[C@H]4C[C@@H](OC(=O)c5ccccc5)[C@@H](O)[C@H](Cl)[C@@]43C)[C@@H]1CC[C@@H]2OC(=O)c1ccccc1. The van der Waals surface area contributed by atoms with Gasteiger partial charge in [-0.25, -0.2) is 9.59 Å². The number of fused-ring (bicyclic) bond motifs is 5. The van der Waals surface area contributed by atoms with E-state index in [9.17, 15) is 14.7 Å². The molecule has 208 valence electrons. The third-order valence-corrected chi connectivity index (χ3v) is 11.9. The van der Waals surface area contributed by atoms with Crippen molar-refractivity contribution >= 4 is 23.5 Å². The number of halogens is 1. The van der Waals surface area contributed by atoms with Crippen LogP contribution in [0.5, 0.6) is 0 Å². The molecule has 0 radical (unpaired) electrons. The van der Waals surface area contributed by atoms with Crippen molar-refractivity contribution in [1.29, 1.82) is 0 Å². The molecule has 0 aromatic heterocycles. The molecule has 6 heteroatoms. The van der Waals surface area contributed by atoms with Crippen molar-refractivity contribution in [1.82, 2.24) is 0 Å². The lowest BCUT2D eigenvalue weighted by Gasteiger charge is -2.62. The van der Waals surface area contributed by atoms with Crippen molar-refractivity contribution in [3.05, 3.63) is 71.8 Å². The Labute approximate surface area is 236 Å². The number of esters is 2. The minimum Gasteiger partial charge on any atom is -0.458 e. The largest absolute Gasteiger partial charge is 0.458 e. The molecule has 0 heterocycles. The molecule has 0 aliphatic heterocycles. The highest BCUT2D eigenvalue weighted by Gasteiger charge is 2.64. The fourth-order valence-corrected chi connectivity index (χ4v) is 9.56. The van der Waals surface area contributed by atoms with Crippen molar-refractivity contribution < 1.29 is 24.2 Å². The van der Waals surface area contributed by atoms with Crippen LogP contribution in [0.25, 0.3) is 0 Å². The summed E-state index contributed by atoms with van der Waals surface area (Å²) >= 11 is 7.16. The van der Waals surface area contributed by atoms with Gasteiger partial charge in [-0.3, -0.25) is 0 Å². The highest BCUT2D eigenvalue weighted by Crippen LogP contribution is 2.67. The van der Waals surface area contributed by atoms with Gasteiger partial charge < -0.3 is 14.6 Å². The van der Waals surface area contributed by atoms with Gasteiger partial charge in [0.2, 0.25) is 0 Å². The van der Waals surface area contributed by atoms with E-state index in [1.807, 2.05) is 48.5 Å². The topological polar surface area (TPSA) is 72.8 Å². The summed E-state index contributed by atoms with van der Waals surface area (Å²) in [6, 6.07) is 18.2. The second-order valence-electron chi connectivity index (χ2n) is 12.8. The van der Waals surface area contributed by atoms with Crippen LogP contribution in [0.15, 0.2) is 60.7 Å². The predicted octanol–water partition coefficient (Wildman–Crippen LogP) is 6.67. The Morgan fingerprint density at radius 2 is 1.44 bits per heavy atom. The average molecular weight is 551 g/mol. The van der Waals surface area contributed by atoms with Gasteiger partial charge in [-0.2, -0.15) is 0 Å². The molecule has 2 aromatic carbocycles. The zero-order valence-electron chi connectivity index (χ0n) is 22.8. The van der Waals surface area contributed by atoms with Crippen LogP contribution < -0.4 is 0 Å². The zero-order valence-corrected chi connectivity index (χ0v) is 23.6. The molecule has 2 aromatic rings. The first-order valence-electron chi connectivity index (χ1n) is 14.6. The molecule has 0 amide bonds. The zero-order chi connectivity index (χ0) is 27.4. The molecule has 1 N–H and O–H groups in total. The number of carbonyl (C=O) groups is 2. The number of benzene rings is 2. The van der Waals surface area contributed by atoms with Crippen molar-refractivity contribution in [2.45, 2.75) is 82.5 Å². The molecule has 6 rings (SSSR count). The van der Waals surface area contributed by atoms with Crippen molar-refractivity contribution in [2.24, 2.45) is 34.5 Å². The number of rotatable bonds is 4. The smallest absolute Gasteiger partial charge is 0.338 e. The van der Waals surface area contributed by atoms with E-state index in [4.69, 9.17) is 21.1 Å². The monoisotopic (exact) mass is 550 g/mol. The van der Waals surface area contributed by atoms with Gasteiger partial charge >= 0.3 is 11.9 Å². The normalized spacial score (nSPS) is 41.0. The van der Waals surface area contributed by atoms with E-state index in [0.717, 1.165) is 38.5 Å². The third-order valence-electron chi connectivity index (χ3n) is 11.2. The Hall–Kier alpha value is -2.37. The first-order valence-corrected chi connectivity index (χ1v) is 15.0. The molecular weight excluding hydrogens is 512 g/mol. The Morgan fingerprint density at radius 1 is 0.821 bits per heavy atom. The summed E-state index contributed by atoms with van der Waals surface area (Å²) in [4.78, 5) is 25.7. The van der Waals surface area contributed by atoms with Crippen LogP contribution >= 0.6 is 11.6 Å². The van der Waals surface area contributed by atoms with Crippen LogP contribution in [0.4, 0.5) is 0 Å². The molecule has 0 spiro atoms. The third kappa shape index (κ3) is 4.41. The van der Waals surface area contributed by atoms with E-state index in [-0.39, 0.29) is 28.8 Å². The second kappa shape index (κ2) is 10.2. The second-order valence-corrected chi connectivity index (χ2v) is 13.3.